The van der Waals surface area contributed by atoms with E-state index in [4.69, 9.17) is 11.6 Å². The van der Waals surface area contributed by atoms with E-state index in [9.17, 15) is 4.79 Å². The average Bonchev–Trinajstić information content (AvgIpc) is 3.09. The van der Waals surface area contributed by atoms with Gasteiger partial charge in [-0.2, -0.15) is 0 Å². The molecule has 3 aromatic rings. The second-order valence-corrected chi connectivity index (χ2v) is 6.62. The Morgan fingerprint density at radius 1 is 1.15 bits per heavy atom. The molecule has 0 atom stereocenters. The van der Waals surface area contributed by atoms with E-state index >= 15 is 0 Å². The van der Waals surface area contributed by atoms with Crippen molar-refractivity contribution in [1.29, 1.82) is 0 Å². The van der Waals surface area contributed by atoms with Gasteiger partial charge in [-0.3, -0.25) is 4.79 Å². The van der Waals surface area contributed by atoms with Crippen LogP contribution >= 0.6 is 11.6 Å². The van der Waals surface area contributed by atoms with E-state index < -0.39 is 0 Å². The Morgan fingerprint density at radius 2 is 2.00 bits per heavy atom. The molecule has 0 aliphatic carbocycles. The third-order valence-electron chi connectivity index (χ3n) is 4.48. The largest absolute Gasteiger partial charge is 0.326 e. The van der Waals surface area contributed by atoms with E-state index in [1.54, 1.807) is 12.1 Å². The maximum atomic E-state index is 12.6. The minimum Gasteiger partial charge on any atom is -0.326 e. The number of fused-ring (bicyclic) bond motifs is 1. The molecule has 130 valence electrons. The van der Waals surface area contributed by atoms with E-state index in [0.29, 0.717) is 16.4 Å². The summed E-state index contributed by atoms with van der Waals surface area (Å²) in [6.07, 6.45) is 2.39. The molecule has 0 radical (unpaired) electrons. The summed E-state index contributed by atoms with van der Waals surface area (Å²) in [6, 6.07) is 15.4. The van der Waals surface area contributed by atoms with Crippen molar-refractivity contribution >= 4 is 34.7 Å². The summed E-state index contributed by atoms with van der Waals surface area (Å²) in [5.41, 5.74) is 4.32. The highest BCUT2D eigenvalue weighted by Crippen LogP contribution is 2.33. The average molecular weight is 365 g/mol. The van der Waals surface area contributed by atoms with Gasteiger partial charge in [-0.15, -0.1) is 0 Å². The zero-order valence-electron chi connectivity index (χ0n) is 14.2. The van der Waals surface area contributed by atoms with Gasteiger partial charge in [-0.1, -0.05) is 35.9 Å². The summed E-state index contributed by atoms with van der Waals surface area (Å²) in [7, 11) is 0. The maximum absolute atomic E-state index is 12.6. The molecule has 26 heavy (non-hydrogen) atoms. The number of aryl methyl sites for hydroxylation is 1. The van der Waals surface area contributed by atoms with Gasteiger partial charge in [-0.05, 0) is 42.7 Å². The van der Waals surface area contributed by atoms with E-state index in [-0.39, 0.29) is 5.91 Å². The summed E-state index contributed by atoms with van der Waals surface area (Å²) >= 11 is 6.12. The van der Waals surface area contributed by atoms with Crippen molar-refractivity contribution in [1.82, 2.24) is 9.97 Å². The molecular weight excluding hydrogens is 348 g/mol. The Bertz CT molecular complexity index is 989. The monoisotopic (exact) mass is 364 g/mol. The molecule has 0 saturated heterocycles. The van der Waals surface area contributed by atoms with Gasteiger partial charge in [0.2, 0.25) is 0 Å². The number of hydrogen-bond donors (Lipinski definition) is 1. The highest BCUT2D eigenvalue weighted by molar-refractivity contribution is 6.31. The lowest BCUT2D eigenvalue weighted by Crippen LogP contribution is -2.18. The molecule has 1 aromatic heterocycles. The molecule has 1 N–H and O–H groups in total. The van der Waals surface area contributed by atoms with Gasteiger partial charge in [0.1, 0.15) is 17.8 Å². The lowest BCUT2D eigenvalue weighted by molar-refractivity contribution is 0.102. The summed E-state index contributed by atoms with van der Waals surface area (Å²) in [4.78, 5) is 23.1. The first kappa shape index (κ1) is 16.5. The summed E-state index contributed by atoms with van der Waals surface area (Å²) in [5, 5.41) is 3.44. The third-order valence-corrected chi connectivity index (χ3v) is 4.89. The quantitative estimate of drug-likeness (QED) is 0.749. The van der Waals surface area contributed by atoms with Crippen molar-refractivity contribution in [3.05, 3.63) is 76.7 Å². The third kappa shape index (κ3) is 3.13. The Morgan fingerprint density at radius 3 is 2.85 bits per heavy atom. The van der Waals surface area contributed by atoms with E-state index in [1.807, 2.05) is 31.2 Å². The van der Waals surface area contributed by atoms with Gasteiger partial charge in [-0.25, -0.2) is 9.97 Å². The highest BCUT2D eigenvalue weighted by atomic mass is 35.5. The number of carbonyl (C=O) groups is 1. The molecule has 0 fully saturated rings. The number of benzene rings is 2. The number of amides is 1. The minimum atomic E-state index is -0.291. The molecule has 0 spiro atoms. The van der Waals surface area contributed by atoms with Crippen molar-refractivity contribution in [3.8, 4) is 0 Å². The molecule has 0 saturated carbocycles. The Balaban J connectivity index is 1.58. The van der Waals surface area contributed by atoms with E-state index in [1.165, 1.54) is 11.9 Å². The molecule has 1 amide bonds. The van der Waals surface area contributed by atoms with Gasteiger partial charge in [0.05, 0.1) is 0 Å². The number of anilines is 3. The molecule has 1 aliphatic heterocycles. The fourth-order valence-electron chi connectivity index (χ4n) is 3.06. The first-order valence-corrected chi connectivity index (χ1v) is 8.74. The number of nitrogens with zero attached hydrogens (tertiary/aromatic N) is 3. The van der Waals surface area contributed by atoms with Gasteiger partial charge >= 0.3 is 0 Å². The topological polar surface area (TPSA) is 58.1 Å². The first-order chi connectivity index (χ1) is 12.6. The fraction of sp³-hybridized carbons (Fsp3) is 0.150. The Hall–Kier alpha value is -2.92. The zero-order chi connectivity index (χ0) is 18.1. The number of nitrogens with one attached hydrogen (secondary N) is 1. The molecule has 2 aromatic carbocycles. The van der Waals surface area contributed by atoms with Gasteiger partial charge in [0, 0.05) is 29.0 Å². The van der Waals surface area contributed by atoms with Gasteiger partial charge < -0.3 is 10.2 Å². The highest BCUT2D eigenvalue weighted by Gasteiger charge is 2.22. The van der Waals surface area contributed by atoms with Gasteiger partial charge in [0.15, 0.2) is 0 Å². The predicted molar refractivity (Wildman–Crippen MR) is 103 cm³/mol. The number of halogens is 1. The van der Waals surface area contributed by atoms with Crippen LogP contribution in [0.15, 0.2) is 54.9 Å². The summed E-state index contributed by atoms with van der Waals surface area (Å²) in [6.45, 7) is 2.75. The Labute approximate surface area is 156 Å². The molecule has 0 unspecified atom stereocenters. The molecule has 5 nitrogen and oxygen atoms in total. The Kier molecular flexibility index (Phi) is 4.31. The second-order valence-electron chi connectivity index (χ2n) is 6.21. The minimum absolute atomic E-state index is 0.291. The molecule has 0 bridgehead atoms. The lowest BCUT2D eigenvalue weighted by atomic mass is 10.2. The van der Waals surface area contributed by atoms with Crippen LogP contribution in [-0.4, -0.2) is 22.4 Å². The maximum Gasteiger partial charge on any atom is 0.274 e. The number of rotatable bonds is 3. The summed E-state index contributed by atoms with van der Waals surface area (Å²) in [5.74, 6) is 0.429. The van der Waals surface area contributed by atoms with Crippen molar-refractivity contribution in [2.75, 3.05) is 16.8 Å². The van der Waals surface area contributed by atoms with Crippen LogP contribution in [0.3, 0.4) is 0 Å². The number of hydrogen-bond acceptors (Lipinski definition) is 4. The van der Waals surface area contributed by atoms with Crippen LogP contribution in [0.4, 0.5) is 17.2 Å². The molecule has 2 heterocycles. The number of carbonyl (C=O) groups excluding carboxylic acids is 1. The first-order valence-electron chi connectivity index (χ1n) is 8.37. The van der Waals surface area contributed by atoms with Crippen molar-refractivity contribution in [2.24, 2.45) is 0 Å². The molecule has 4 rings (SSSR count). The number of para-hydroxylation sites is 1. The predicted octanol–water partition coefficient (Wildman–Crippen LogP) is 4.38. The lowest BCUT2D eigenvalue weighted by Gasteiger charge is -2.18. The van der Waals surface area contributed by atoms with Crippen molar-refractivity contribution in [2.45, 2.75) is 13.3 Å². The zero-order valence-corrected chi connectivity index (χ0v) is 15.0. The van der Waals surface area contributed by atoms with Crippen LogP contribution in [0.1, 0.15) is 21.6 Å². The smallest absolute Gasteiger partial charge is 0.274 e. The fourth-order valence-corrected chi connectivity index (χ4v) is 3.24. The van der Waals surface area contributed by atoms with Crippen LogP contribution in [0, 0.1) is 6.92 Å². The van der Waals surface area contributed by atoms with Gasteiger partial charge in [0.25, 0.3) is 5.91 Å². The van der Waals surface area contributed by atoms with E-state index in [2.05, 4.69) is 32.3 Å². The second kappa shape index (κ2) is 6.77. The molecule has 6 heteroatoms. The summed E-state index contributed by atoms with van der Waals surface area (Å²) < 4.78 is 0. The van der Waals surface area contributed by atoms with E-state index in [0.717, 1.165) is 30.0 Å². The normalized spacial score (nSPS) is 12.8. The SMILES string of the molecule is Cc1ccc(NC(=O)c2cc(N3CCc4ccccc43)ncn2)cc1Cl. The van der Waals surface area contributed by atoms with Crippen LogP contribution in [0.2, 0.25) is 5.02 Å². The standard InChI is InChI=1S/C20H17ClN4O/c1-13-6-7-15(10-16(13)21)24-20(26)17-11-19(23-12-22-17)25-9-8-14-4-2-3-5-18(14)25/h2-7,10-12H,8-9H2,1H3,(H,24,26). The van der Waals surface area contributed by atoms with Crippen LogP contribution in [-0.2, 0) is 6.42 Å². The molecule has 1 aliphatic rings. The van der Waals surface area contributed by atoms with Crippen molar-refractivity contribution < 1.29 is 4.79 Å². The van der Waals surface area contributed by atoms with Crippen molar-refractivity contribution in [3.63, 3.8) is 0 Å². The van der Waals surface area contributed by atoms with Crippen LogP contribution in [0.25, 0.3) is 0 Å². The van der Waals surface area contributed by atoms with Crippen LogP contribution < -0.4 is 10.2 Å². The van der Waals surface area contributed by atoms with Crippen LogP contribution in [0.5, 0.6) is 0 Å². The molecular formula is C20H17ClN4O. The number of aromatic nitrogens is 2.